The molecule has 1 fully saturated rings. The summed E-state index contributed by atoms with van der Waals surface area (Å²) in [5.41, 5.74) is 2.47. The molecule has 11 nitrogen and oxygen atoms in total. The predicted molar refractivity (Wildman–Crippen MR) is 179 cm³/mol. The van der Waals surface area contributed by atoms with Gasteiger partial charge < -0.3 is 15.5 Å². The SMILES string of the molecule is CCC(C)C(C)c1cccc(CC(=O)Nc2nnc(C3CCCC(c4nnc(NC(=O)Cc5cccc(N(C)C)n5)s4)C3)s2)n1. The van der Waals surface area contributed by atoms with Crippen molar-refractivity contribution in [2.45, 2.75) is 83.5 Å². The monoisotopic (exact) mass is 647 g/mol. The number of nitrogens with zero attached hydrogens (tertiary/aromatic N) is 7. The third-order valence-electron chi connectivity index (χ3n) is 8.47. The molecule has 1 saturated carbocycles. The van der Waals surface area contributed by atoms with Gasteiger partial charge in [-0.25, -0.2) is 4.98 Å². The van der Waals surface area contributed by atoms with Gasteiger partial charge in [-0.1, -0.05) is 68.4 Å². The van der Waals surface area contributed by atoms with Gasteiger partial charge in [0.2, 0.25) is 22.1 Å². The van der Waals surface area contributed by atoms with Crippen LogP contribution in [0.4, 0.5) is 16.1 Å². The molecule has 4 aromatic rings. The Hall–Kier alpha value is -3.84. The maximum Gasteiger partial charge on any atom is 0.232 e. The molecule has 0 aromatic carbocycles. The van der Waals surface area contributed by atoms with Gasteiger partial charge in [0.05, 0.1) is 24.2 Å². The zero-order valence-electron chi connectivity index (χ0n) is 26.5. The van der Waals surface area contributed by atoms with E-state index < -0.39 is 0 Å². The molecule has 4 aromatic heterocycles. The van der Waals surface area contributed by atoms with Crippen LogP contribution in [0.3, 0.4) is 0 Å². The van der Waals surface area contributed by atoms with E-state index in [9.17, 15) is 9.59 Å². The maximum atomic E-state index is 12.8. The number of hydrogen-bond acceptors (Lipinski definition) is 11. The number of nitrogens with one attached hydrogen (secondary N) is 2. The first-order valence-electron chi connectivity index (χ1n) is 15.5. The second-order valence-electron chi connectivity index (χ2n) is 12.0. The third kappa shape index (κ3) is 8.66. The highest BCUT2D eigenvalue weighted by atomic mass is 32.1. The average Bonchev–Trinajstić information content (AvgIpc) is 3.70. The Kier molecular flexibility index (Phi) is 10.8. The highest BCUT2D eigenvalue weighted by Crippen LogP contribution is 2.43. The van der Waals surface area contributed by atoms with E-state index in [1.807, 2.05) is 55.4 Å². The van der Waals surface area contributed by atoms with Crippen molar-refractivity contribution >= 4 is 50.6 Å². The van der Waals surface area contributed by atoms with Gasteiger partial charge in [-0.3, -0.25) is 14.6 Å². The lowest BCUT2D eigenvalue weighted by molar-refractivity contribution is -0.116. The fourth-order valence-electron chi connectivity index (χ4n) is 5.50. The summed E-state index contributed by atoms with van der Waals surface area (Å²) in [5.74, 6) is 1.80. The van der Waals surface area contributed by atoms with E-state index in [2.05, 4.69) is 56.8 Å². The first-order valence-corrected chi connectivity index (χ1v) is 17.2. The number of amides is 2. The van der Waals surface area contributed by atoms with Crippen molar-refractivity contribution in [2.24, 2.45) is 5.92 Å². The predicted octanol–water partition coefficient (Wildman–Crippen LogP) is 6.20. The Bertz CT molecular complexity index is 1600. The van der Waals surface area contributed by atoms with E-state index in [0.717, 1.165) is 59.3 Å². The highest BCUT2D eigenvalue weighted by Gasteiger charge is 2.29. The number of carbonyl (C=O) groups excluding carboxylic acids is 2. The molecule has 0 spiro atoms. The summed E-state index contributed by atoms with van der Waals surface area (Å²) in [5, 5.41) is 26.0. The lowest BCUT2D eigenvalue weighted by Crippen LogP contribution is -2.16. The van der Waals surface area contributed by atoms with Gasteiger partial charge in [0, 0.05) is 37.5 Å². The van der Waals surface area contributed by atoms with Crippen LogP contribution in [0.2, 0.25) is 0 Å². The van der Waals surface area contributed by atoms with Crippen LogP contribution < -0.4 is 15.5 Å². The number of aromatic nitrogens is 6. The topological polar surface area (TPSA) is 139 Å². The van der Waals surface area contributed by atoms with Gasteiger partial charge in [0.25, 0.3) is 0 Å². The van der Waals surface area contributed by atoms with Gasteiger partial charge in [0.1, 0.15) is 15.8 Å². The van der Waals surface area contributed by atoms with Crippen LogP contribution in [0, 0.1) is 5.92 Å². The van der Waals surface area contributed by atoms with Crippen LogP contribution >= 0.6 is 22.7 Å². The van der Waals surface area contributed by atoms with Gasteiger partial charge >= 0.3 is 0 Å². The molecule has 2 N–H and O–H groups in total. The Labute approximate surface area is 272 Å². The molecule has 45 heavy (non-hydrogen) atoms. The van der Waals surface area contributed by atoms with Crippen LogP contribution in [-0.2, 0) is 22.4 Å². The minimum Gasteiger partial charge on any atom is -0.363 e. The Balaban J connectivity index is 1.14. The molecule has 5 rings (SSSR count). The smallest absolute Gasteiger partial charge is 0.232 e. The molecule has 1 aliphatic carbocycles. The van der Waals surface area contributed by atoms with Crippen molar-refractivity contribution in [1.82, 2.24) is 30.4 Å². The van der Waals surface area contributed by atoms with Gasteiger partial charge in [0.15, 0.2) is 0 Å². The Morgan fingerprint density at radius 1 is 0.844 bits per heavy atom. The molecule has 13 heteroatoms. The van der Waals surface area contributed by atoms with E-state index in [1.165, 1.54) is 22.7 Å². The fourth-order valence-corrected chi connectivity index (χ4v) is 7.32. The minimum atomic E-state index is -0.171. The molecular weight excluding hydrogens is 607 g/mol. The Morgan fingerprint density at radius 2 is 1.40 bits per heavy atom. The summed E-state index contributed by atoms with van der Waals surface area (Å²) in [4.78, 5) is 36.7. The number of hydrogen-bond donors (Lipinski definition) is 2. The summed E-state index contributed by atoms with van der Waals surface area (Å²) >= 11 is 2.86. The molecule has 0 bridgehead atoms. The van der Waals surface area contributed by atoms with Crippen molar-refractivity contribution in [3.05, 3.63) is 63.5 Å². The van der Waals surface area contributed by atoms with Crippen molar-refractivity contribution in [2.75, 3.05) is 29.6 Å². The molecule has 0 saturated heterocycles. The Morgan fingerprint density at radius 3 is 1.96 bits per heavy atom. The van der Waals surface area contributed by atoms with E-state index in [-0.39, 0.29) is 36.5 Å². The van der Waals surface area contributed by atoms with E-state index in [1.54, 1.807) is 0 Å². The quantitative estimate of drug-likeness (QED) is 0.184. The number of anilines is 3. The van der Waals surface area contributed by atoms with Gasteiger partial charge in [-0.2, -0.15) is 0 Å². The second kappa shape index (κ2) is 15.0. The maximum absolute atomic E-state index is 12.8. The molecule has 2 amide bonds. The fraction of sp³-hybridized carbons (Fsp3) is 0.500. The molecule has 4 atom stereocenters. The first-order chi connectivity index (χ1) is 21.7. The van der Waals surface area contributed by atoms with Gasteiger partial charge in [-0.15, -0.1) is 20.4 Å². The molecule has 238 valence electrons. The average molecular weight is 648 g/mol. The van der Waals surface area contributed by atoms with Crippen LogP contribution in [0.15, 0.2) is 36.4 Å². The normalized spacial score (nSPS) is 17.8. The van der Waals surface area contributed by atoms with Crippen molar-refractivity contribution in [3.63, 3.8) is 0 Å². The second-order valence-corrected chi connectivity index (χ2v) is 14.0. The number of pyridine rings is 2. The summed E-state index contributed by atoms with van der Waals surface area (Å²) in [6, 6.07) is 11.6. The number of carbonyl (C=O) groups is 2. The van der Waals surface area contributed by atoms with Crippen molar-refractivity contribution < 1.29 is 9.59 Å². The van der Waals surface area contributed by atoms with Crippen LogP contribution in [0.25, 0.3) is 0 Å². The molecule has 0 aliphatic heterocycles. The molecule has 4 heterocycles. The standard InChI is InChI=1S/C32H41N9O2S2/c1-6-19(2)20(3)25-14-8-12-23(33-25)17-27(42)35-31-39-37-29(44-31)21-10-7-11-22(16-21)30-38-40-32(45-30)36-28(43)18-24-13-9-15-26(34-24)41(4)5/h8-9,12-15,19-22H,6-7,10-11,16-18H2,1-5H3,(H,35,39,42)(H,36,40,43). The summed E-state index contributed by atoms with van der Waals surface area (Å²) in [6.45, 7) is 6.60. The summed E-state index contributed by atoms with van der Waals surface area (Å²) in [6.07, 6.45) is 5.35. The van der Waals surface area contributed by atoms with Crippen LogP contribution in [0.5, 0.6) is 0 Å². The van der Waals surface area contributed by atoms with Crippen molar-refractivity contribution in [1.29, 1.82) is 0 Å². The molecule has 0 radical (unpaired) electrons. The third-order valence-corrected chi connectivity index (χ3v) is 10.5. The van der Waals surface area contributed by atoms with Crippen molar-refractivity contribution in [3.8, 4) is 0 Å². The lowest BCUT2D eigenvalue weighted by atomic mass is 9.82. The zero-order chi connectivity index (χ0) is 31.9. The number of rotatable bonds is 12. The largest absolute Gasteiger partial charge is 0.363 e. The van der Waals surface area contributed by atoms with Gasteiger partial charge in [-0.05, 0) is 49.4 Å². The first kappa shape index (κ1) is 32.6. The molecule has 1 aliphatic rings. The molecular formula is C32H41N9O2S2. The zero-order valence-corrected chi connectivity index (χ0v) is 28.1. The molecule has 4 unspecified atom stereocenters. The lowest BCUT2D eigenvalue weighted by Gasteiger charge is -2.25. The van der Waals surface area contributed by atoms with Crippen LogP contribution in [-0.4, -0.2) is 56.3 Å². The van der Waals surface area contributed by atoms with E-state index in [4.69, 9.17) is 4.98 Å². The van der Waals surface area contributed by atoms with E-state index >= 15 is 0 Å². The summed E-state index contributed by atoms with van der Waals surface area (Å²) < 4.78 is 0. The van der Waals surface area contributed by atoms with E-state index in [0.29, 0.717) is 27.8 Å². The minimum absolute atomic E-state index is 0.148. The highest BCUT2D eigenvalue weighted by molar-refractivity contribution is 7.15. The summed E-state index contributed by atoms with van der Waals surface area (Å²) in [7, 11) is 3.84. The van der Waals surface area contributed by atoms with Crippen LogP contribution in [0.1, 0.15) is 97.7 Å².